The van der Waals surface area contributed by atoms with Gasteiger partial charge in [-0.15, -0.1) is 0 Å². The zero-order chi connectivity index (χ0) is 15.2. The molecule has 0 bridgehead atoms. The van der Waals surface area contributed by atoms with Crippen LogP contribution < -0.4 is 4.90 Å². The lowest BCUT2D eigenvalue weighted by atomic mass is 10.1. The van der Waals surface area contributed by atoms with Crippen molar-refractivity contribution in [3.63, 3.8) is 0 Å². The topological polar surface area (TPSA) is 45.7 Å². The maximum Gasteiger partial charge on any atom is 0.323 e. The van der Waals surface area contributed by atoms with Crippen molar-refractivity contribution >= 4 is 23.4 Å². The molecule has 2 heterocycles. The summed E-state index contributed by atoms with van der Waals surface area (Å²) in [6, 6.07) is 3.65. The Balaban J connectivity index is 1.92. The van der Waals surface area contributed by atoms with Gasteiger partial charge in [0, 0.05) is 32.4 Å². The van der Waals surface area contributed by atoms with Gasteiger partial charge in [0.1, 0.15) is 11.9 Å². The summed E-state index contributed by atoms with van der Waals surface area (Å²) in [4.78, 5) is 20.7. The highest BCUT2D eigenvalue weighted by atomic mass is 35.5. The number of rotatable bonds is 5. The fraction of sp³-hybridized carbons (Fsp3) is 0.600. The van der Waals surface area contributed by atoms with Gasteiger partial charge in [-0.3, -0.25) is 9.69 Å². The molecule has 1 fully saturated rings. The summed E-state index contributed by atoms with van der Waals surface area (Å²) in [7, 11) is 0. The number of pyridine rings is 1. The number of carbonyl (C=O) groups is 1. The Morgan fingerprint density at radius 3 is 2.57 bits per heavy atom. The second kappa shape index (κ2) is 7.61. The Morgan fingerprint density at radius 1 is 1.33 bits per heavy atom. The van der Waals surface area contributed by atoms with Gasteiger partial charge < -0.3 is 9.64 Å². The number of halogens is 1. The quantitative estimate of drug-likeness (QED) is 0.780. The van der Waals surface area contributed by atoms with Crippen LogP contribution in [0.1, 0.15) is 20.3 Å². The molecule has 1 aromatic heterocycles. The Morgan fingerprint density at radius 2 is 2.05 bits per heavy atom. The molecule has 1 aromatic rings. The van der Waals surface area contributed by atoms with E-state index < -0.39 is 0 Å². The van der Waals surface area contributed by atoms with Crippen molar-refractivity contribution < 1.29 is 9.53 Å². The number of aromatic nitrogens is 1. The van der Waals surface area contributed by atoms with E-state index in [1.54, 1.807) is 6.20 Å². The van der Waals surface area contributed by atoms with Crippen LogP contribution in [0.4, 0.5) is 5.82 Å². The molecule has 5 nitrogen and oxygen atoms in total. The number of ether oxygens (including phenoxy) is 1. The zero-order valence-electron chi connectivity index (χ0n) is 12.6. The van der Waals surface area contributed by atoms with Crippen molar-refractivity contribution in [3.05, 3.63) is 23.4 Å². The predicted molar refractivity (Wildman–Crippen MR) is 83.7 cm³/mol. The number of esters is 1. The van der Waals surface area contributed by atoms with Crippen LogP contribution in [0, 0.1) is 0 Å². The molecule has 0 saturated carbocycles. The summed E-state index contributed by atoms with van der Waals surface area (Å²) in [5, 5.41) is 0.644. The molecule has 1 saturated heterocycles. The van der Waals surface area contributed by atoms with Crippen molar-refractivity contribution in [1.29, 1.82) is 0 Å². The first-order chi connectivity index (χ1) is 10.2. The molecule has 1 unspecified atom stereocenters. The van der Waals surface area contributed by atoms with Gasteiger partial charge in [0.2, 0.25) is 0 Å². The Hall–Kier alpha value is -1.33. The van der Waals surface area contributed by atoms with Gasteiger partial charge >= 0.3 is 5.97 Å². The van der Waals surface area contributed by atoms with Crippen molar-refractivity contribution in [3.8, 4) is 0 Å². The fourth-order valence-corrected chi connectivity index (χ4v) is 2.74. The standard InChI is InChI=1S/C15H22ClN3O2/c1-3-13(15(20)21-4-2)18-7-9-19(10-8-18)14-6-5-12(16)11-17-14/h5-6,11,13H,3-4,7-10H2,1-2H3. The third-order valence-corrected chi connectivity index (χ3v) is 3.96. The van der Waals surface area contributed by atoms with Crippen molar-refractivity contribution in [2.45, 2.75) is 26.3 Å². The molecule has 116 valence electrons. The highest BCUT2D eigenvalue weighted by Gasteiger charge is 2.28. The van der Waals surface area contributed by atoms with Crippen LogP contribution in [0.3, 0.4) is 0 Å². The smallest absolute Gasteiger partial charge is 0.323 e. The van der Waals surface area contributed by atoms with Gasteiger partial charge in [-0.1, -0.05) is 18.5 Å². The molecule has 0 amide bonds. The summed E-state index contributed by atoms with van der Waals surface area (Å²) < 4.78 is 5.15. The largest absolute Gasteiger partial charge is 0.465 e. The van der Waals surface area contributed by atoms with Crippen LogP contribution in [0.25, 0.3) is 0 Å². The lowest BCUT2D eigenvalue weighted by Gasteiger charge is -2.38. The van der Waals surface area contributed by atoms with Crippen LogP contribution in [0.2, 0.25) is 5.02 Å². The van der Waals surface area contributed by atoms with Crippen molar-refractivity contribution in [2.75, 3.05) is 37.7 Å². The van der Waals surface area contributed by atoms with Crippen LogP contribution in [-0.2, 0) is 9.53 Å². The van der Waals surface area contributed by atoms with Crippen LogP contribution in [0.15, 0.2) is 18.3 Å². The van der Waals surface area contributed by atoms with Gasteiger partial charge in [0.25, 0.3) is 0 Å². The molecule has 1 aliphatic heterocycles. The normalized spacial score (nSPS) is 17.6. The van der Waals surface area contributed by atoms with E-state index in [1.807, 2.05) is 26.0 Å². The van der Waals surface area contributed by atoms with Gasteiger partial charge in [-0.05, 0) is 25.5 Å². The van der Waals surface area contributed by atoms with E-state index in [-0.39, 0.29) is 12.0 Å². The average Bonchev–Trinajstić information content (AvgIpc) is 2.50. The Kier molecular flexibility index (Phi) is 5.82. The maximum atomic E-state index is 12.0. The first-order valence-electron chi connectivity index (χ1n) is 7.42. The lowest BCUT2D eigenvalue weighted by molar-refractivity contribution is -0.149. The van der Waals surface area contributed by atoms with E-state index in [0.717, 1.165) is 38.4 Å². The molecule has 0 radical (unpaired) electrons. The molecular weight excluding hydrogens is 290 g/mol. The van der Waals surface area contributed by atoms with Crippen molar-refractivity contribution in [2.24, 2.45) is 0 Å². The maximum absolute atomic E-state index is 12.0. The fourth-order valence-electron chi connectivity index (χ4n) is 2.63. The Labute approximate surface area is 130 Å². The molecule has 21 heavy (non-hydrogen) atoms. The number of anilines is 1. The van der Waals surface area contributed by atoms with E-state index in [0.29, 0.717) is 11.6 Å². The van der Waals surface area contributed by atoms with Gasteiger partial charge in [0.05, 0.1) is 11.6 Å². The first-order valence-corrected chi connectivity index (χ1v) is 7.80. The molecule has 2 rings (SSSR count). The van der Waals surface area contributed by atoms with Crippen LogP contribution in [0.5, 0.6) is 0 Å². The SMILES string of the molecule is CCOC(=O)C(CC)N1CCN(c2ccc(Cl)cn2)CC1. The van der Waals surface area contributed by atoms with Gasteiger partial charge in [-0.25, -0.2) is 4.98 Å². The highest BCUT2D eigenvalue weighted by molar-refractivity contribution is 6.30. The van der Waals surface area contributed by atoms with Gasteiger partial charge in [-0.2, -0.15) is 0 Å². The highest BCUT2D eigenvalue weighted by Crippen LogP contribution is 2.18. The minimum atomic E-state index is -0.134. The van der Waals surface area contributed by atoms with E-state index >= 15 is 0 Å². The van der Waals surface area contributed by atoms with Crippen molar-refractivity contribution in [1.82, 2.24) is 9.88 Å². The zero-order valence-corrected chi connectivity index (χ0v) is 13.3. The summed E-state index contributed by atoms with van der Waals surface area (Å²) in [5.74, 6) is 0.821. The molecular formula is C15H22ClN3O2. The molecule has 1 aliphatic rings. The minimum absolute atomic E-state index is 0.113. The Bertz CT molecular complexity index is 458. The average molecular weight is 312 g/mol. The van der Waals surface area contributed by atoms with E-state index in [2.05, 4.69) is 14.8 Å². The monoisotopic (exact) mass is 311 g/mol. The second-order valence-corrected chi connectivity index (χ2v) is 5.47. The summed E-state index contributed by atoms with van der Waals surface area (Å²) in [6.45, 7) is 7.67. The molecule has 1 atom stereocenters. The number of hydrogen-bond donors (Lipinski definition) is 0. The van der Waals surface area contributed by atoms with E-state index in [1.165, 1.54) is 0 Å². The predicted octanol–water partition coefficient (Wildman–Crippen LogP) is 2.20. The molecule has 0 aromatic carbocycles. The summed E-state index contributed by atoms with van der Waals surface area (Å²) in [6.07, 6.45) is 2.44. The minimum Gasteiger partial charge on any atom is -0.465 e. The van der Waals surface area contributed by atoms with Crippen LogP contribution in [-0.4, -0.2) is 54.7 Å². The van der Waals surface area contributed by atoms with Gasteiger partial charge in [0.15, 0.2) is 0 Å². The van der Waals surface area contributed by atoms with Crippen LogP contribution >= 0.6 is 11.6 Å². The molecule has 0 aliphatic carbocycles. The van der Waals surface area contributed by atoms with E-state index in [9.17, 15) is 4.79 Å². The number of hydrogen-bond acceptors (Lipinski definition) is 5. The number of piperazine rings is 1. The second-order valence-electron chi connectivity index (χ2n) is 5.03. The number of carbonyl (C=O) groups excluding carboxylic acids is 1. The third kappa shape index (κ3) is 4.08. The number of nitrogens with zero attached hydrogens (tertiary/aromatic N) is 3. The summed E-state index contributed by atoms with van der Waals surface area (Å²) in [5.41, 5.74) is 0. The first kappa shape index (κ1) is 16.0. The third-order valence-electron chi connectivity index (χ3n) is 3.74. The van der Waals surface area contributed by atoms with E-state index in [4.69, 9.17) is 16.3 Å². The molecule has 0 N–H and O–H groups in total. The molecule has 0 spiro atoms. The molecule has 6 heteroatoms. The lowest BCUT2D eigenvalue weighted by Crippen LogP contribution is -2.53. The summed E-state index contributed by atoms with van der Waals surface area (Å²) >= 11 is 5.86.